The second kappa shape index (κ2) is 6.08. The van der Waals surface area contributed by atoms with Crippen LogP contribution >= 0.6 is 0 Å². The molecular formula is C14H13NO6. The summed E-state index contributed by atoms with van der Waals surface area (Å²) >= 11 is 0. The van der Waals surface area contributed by atoms with Crippen LogP contribution in [0.4, 0.5) is 0 Å². The van der Waals surface area contributed by atoms with Crippen LogP contribution in [0.5, 0.6) is 5.75 Å². The molecule has 0 aromatic heterocycles. The van der Waals surface area contributed by atoms with Gasteiger partial charge in [0.1, 0.15) is 18.3 Å². The molecule has 0 aliphatic heterocycles. The summed E-state index contributed by atoms with van der Waals surface area (Å²) in [6.45, 7) is -0.524. The summed E-state index contributed by atoms with van der Waals surface area (Å²) in [6, 6.07) is 10.4. The van der Waals surface area contributed by atoms with E-state index in [2.05, 4.69) is 4.84 Å². The summed E-state index contributed by atoms with van der Waals surface area (Å²) in [4.78, 5) is 25.6. The number of ether oxygens (including phenoxy) is 1. The van der Waals surface area contributed by atoms with Crippen molar-refractivity contribution in [1.82, 2.24) is 0 Å². The van der Waals surface area contributed by atoms with Crippen LogP contribution in [0.25, 0.3) is 10.8 Å². The van der Waals surface area contributed by atoms with E-state index in [-0.39, 0.29) is 0 Å². The first-order valence-electron chi connectivity index (χ1n) is 6.09. The molecule has 0 radical (unpaired) electrons. The molecule has 0 aliphatic rings. The number of methoxy groups -OCH3 is 1. The zero-order valence-corrected chi connectivity index (χ0v) is 11.2. The summed E-state index contributed by atoms with van der Waals surface area (Å²) in [7, 11) is 1.56. The van der Waals surface area contributed by atoms with Crippen LogP contribution in [-0.2, 0) is 9.63 Å². The van der Waals surface area contributed by atoms with Gasteiger partial charge in [0.15, 0.2) is 0 Å². The monoisotopic (exact) mass is 291 g/mol. The first-order valence-corrected chi connectivity index (χ1v) is 6.09. The molecule has 1 atom stereocenters. The van der Waals surface area contributed by atoms with Gasteiger partial charge < -0.3 is 14.7 Å². The Morgan fingerprint density at radius 2 is 1.95 bits per heavy atom. The summed E-state index contributed by atoms with van der Waals surface area (Å²) < 4.78 is 5.11. The molecule has 2 aromatic rings. The number of carboxylic acids is 1. The van der Waals surface area contributed by atoms with E-state index in [0.717, 1.165) is 10.8 Å². The molecule has 0 spiro atoms. The second-order valence-electron chi connectivity index (χ2n) is 4.38. The van der Waals surface area contributed by atoms with Crippen molar-refractivity contribution in [1.29, 1.82) is 0 Å². The van der Waals surface area contributed by atoms with Gasteiger partial charge in [-0.05, 0) is 28.5 Å². The van der Waals surface area contributed by atoms with E-state index in [9.17, 15) is 20.0 Å². The van der Waals surface area contributed by atoms with Crippen LogP contribution in [0.1, 0.15) is 11.5 Å². The summed E-state index contributed by atoms with van der Waals surface area (Å²) in [5, 5.41) is 20.1. The molecule has 0 bridgehead atoms. The van der Waals surface area contributed by atoms with E-state index in [0.29, 0.717) is 11.3 Å². The predicted octanol–water partition coefficient (Wildman–Crippen LogP) is 2.22. The quantitative estimate of drug-likeness (QED) is 0.647. The van der Waals surface area contributed by atoms with Gasteiger partial charge in [0.25, 0.3) is 5.09 Å². The molecular weight excluding hydrogens is 278 g/mol. The van der Waals surface area contributed by atoms with Crippen molar-refractivity contribution in [2.45, 2.75) is 5.92 Å². The van der Waals surface area contributed by atoms with Gasteiger partial charge in [-0.25, -0.2) is 0 Å². The highest BCUT2D eigenvalue weighted by molar-refractivity contribution is 5.86. The largest absolute Gasteiger partial charge is 0.497 e. The number of carboxylic acid groups (broad SMARTS) is 1. The normalized spacial score (nSPS) is 11.9. The predicted molar refractivity (Wildman–Crippen MR) is 73.8 cm³/mol. The average molecular weight is 291 g/mol. The molecule has 2 rings (SSSR count). The molecule has 7 nitrogen and oxygen atoms in total. The van der Waals surface area contributed by atoms with Gasteiger partial charge in [-0.2, -0.15) is 0 Å². The maximum absolute atomic E-state index is 11.2. The third kappa shape index (κ3) is 3.38. The van der Waals surface area contributed by atoms with E-state index in [1.54, 1.807) is 37.4 Å². The molecule has 0 fully saturated rings. The Kier molecular flexibility index (Phi) is 4.22. The SMILES string of the molecule is COc1ccc2cc(C(CO[N+](=O)[O-])C(=O)O)ccc2c1. The zero-order chi connectivity index (χ0) is 15.4. The molecule has 0 aliphatic carbocycles. The molecule has 0 heterocycles. The van der Waals surface area contributed by atoms with Crippen molar-refractivity contribution in [3.63, 3.8) is 0 Å². The van der Waals surface area contributed by atoms with Crippen molar-refractivity contribution in [3.8, 4) is 5.75 Å². The van der Waals surface area contributed by atoms with Crippen LogP contribution in [-0.4, -0.2) is 29.9 Å². The van der Waals surface area contributed by atoms with E-state index in [4.69, 9.17) is 4.74 Å². The van der Waals surface area contributed by atoms with E-state index < -0.39 is 23.6 Å². The molecule has 1 unspecified atom stereocenters. The molecule has 0 amide bonds. The number of hydrogen-bond acceptors (Lipinski definition) is 5. The number of fused-ring (bicyclic) bond motifs is 1. The number of aliphatic carboxylic acids is 1. The molecule has 1 N–H and O–H groups in total. The minimum Gasteiger partial charge on any atom is -0.497 e. The lowest BCUT2D eigenvalue weighted by Gasteiger charge is -2.12. The number of hydrogen-bond donors (Lipinski definition) is 1. The highest BCUT2D eigenvalue weighted by Gasteiger charge is 2.21. The van der Waals surface area contributed by atoms with Gasteiger partial charge in [0.2, 0.25) is 0 Å². The third-order valence-corrected chi connectivity index (χ3v) is 3.12. The van der Waals surface area contributed by atoms with Gasteiger partial charge in [0, 0.05) is 0 Å². The van der Waals surface area contributed by atoms with Crippen molar-refractivity contribution < 1.29 is 24.6 Å². The number of benzene rings is 2. The van der Waals surface area contributed by atoms with E-state index in [1.807, 2.05) is 6.07 Å². The van der Waals surface area contributed by atoms with Crippen molar-refractivity contribution in [2.24, 2.45) is 0 Å². The summed E-state index contributed by atoms with van der Waals surface area (Å²) in [6.07, 6.45) is 0. The van der Waals surface area contributed by atoms with E-state index >= 15 is 0 Å². The molecule has 0 saturated heterocycles. The van der Waals surface area contributed by atoms with Gasteiger partial charge in [-0.15, -0.1) is 10.1 Å². The molecule has 7 heteroatoms. The first-order chi connectivity index (χ1) is 10.0. The van der Waals surface area contributed by atoms with Gasteiger partial charge in [-0.3, -0.25) is 4.79 Å². The maximum atomic E-state index is 11.2. The smallest absolute Gasteiger partial charge is 0.312 e. The fraction of sp³-hybridized carbons (Fsp3) is 0.214. The summed E-state index contributed by atoms with van der Waals surface area (Å²) in [5.41, 5.74) is 0.446. The molecule has 21 heavy (non-hydrogen) atoms. The van der Waals surface area contributed by atoms with Gasteiger partial charge in [-0.1, -0.05) is 24.3 Å². The molecule has 110 valence electrons. The van der Waals surface area contributed by atoms with Gasteiger partial charge in [0.05, 0.1) is 7.11 Å². The number of carbonyl (C=O) groups is 1. The van der Waals surface area contributed by atoms with Crippen LogP contribution in [0, 0.1) is 10.1 Å². The highest BCUT2D eigenvalue weighted by Crippen LogP contribution is 2.25. The Morgan fingerprint density at radius 3 is 2.57 bits per heavy atom. The third-order valence-electron chi connectivity index (χ3n) is 3.12. The second-order valence-corrected chi connectivity index (χ2v) is 4.38. The molecule has 0 saturated carbocycles. The van der Waals surface area contributed by atoms with Crippen molar-refractivity contribution >= 4 is 16.7 Å². The van der Waals surface area contributed by atoms with Crippen LogP contribution in [0.3, 0.4) is 0 Å². The first kappa shape index (κ1) is 14.6. The Morgan fingerprint density at radius 1 is 1.29 bits per heavy atom. The number of rotatable bonds is 6. The zero-order valence-electron chi connectivity index (χ0n) is 11.2. The lowest BCUT2D eigenvalue weighted by atomic mass is 9.97. The highest BCUT2D eigenvalue weighted by atomic mass is 16.9. The lowest BCUT2D eigenvalue weighted by molar-refractivity contribution is -0.758. The Labute approximate surface area is 119 Å². The van der Waals surface area contributed by atoms with Crippen LogP contribution in [0.15, 0.2) is 36.4 Å². The fourth-order valence-corrected chi connectivity index (χ4v) is 2.03. The maximum Gasteiger partial charge on any atom is 0.312 e. The Balaban J connectivity index is 2.35. The topological polar surface area (TPSA) is 98.9 Å². The summed E-state index contributed by atoms with van der Waals surface area (Å²) in [5.74, 6) is -1.58. The van der Waals surface area contributed by atoms with Crippen molar-refractivity contribution in [2.75, 3.05) is 13.7 Å². The average Bonchev–Trinajstić information content (AvgIpc) is 2.46. The van der Waals surface area contributed by atoms with Gasteiger partial charge >= 0.3 is 5.97 Å². The number of nitrogens with zero attached hydrogens (tertiary/aromatic N) is 1. The fourth-order valence-electron chi connectivity index (χ4n) is 2.03. The van der Waals surface area contributed by atoms with Crippen molar-refractivity contribution in [3.05, 3.63) is 52.1 Å². The van der Waals surface area contributed by atoms with Crippen LogP contribution in [0.2, 0.25) is 0 Å². The lowest BCUT2D eigenvalue weighted by Crippen LogP contribution is -2.19. The minimum absolute atomic E-state index is 0.446. The minimum atomic E-state index is -1.18. The van der Waals surface area contributed by atoms with Crippen LogP contribution < -0.4 is 4.74 Å². The molecule has 2 aromatic carbocycles. The Bertz CT molecular complexity index is 684. The standard InChI is InChI=1S/C14H13NO6/c1-20-12-5-4-9-6-11(3-2-10(9)7-12)13(14(16)17)8-21-15(18)19/h2-7,13H,8H2,1H3,(H,16,17). The Hall–Kier alpha value is -2.83. The van der Waals surface area contributed by atoms with E-state index in [1.165, 1.54) is 0 Å².